The van der Waals surface area contributed by atoms with E-state index in [1.165, 1.54) is 55.7 Å². The summed E-state index contributed by atoms with van der Waals surface area (Å²) in [4.78, 5) is 38.8. The molecule has 1 heterocycles. The second kappa shape index (κ2) is 9.84. The van der Waals surface area contributed by atoms with Crippen LogP contribution in [0.4, 0.5) is 10.5 Å². The minimum absolute atomic E-state index is 0.0383. The first-order valence-electron chi connectivity index (χ1n) is 10.5. The van der Waals surface area contributed by atoms with Gasteiger partial charge in [-0.2, -0.15) is 8.42 Å². The summed E-state index contributed by atoms with van der Waals surface area (Å²) in [5.74, 6) is -1.78. The van der Waals surface area contributed by atoms with Gasteiger partial charge in [-0.3, -0.25) is 14.9 Å². The molecule has 36 heavy (non-hydrogen) atoms. The van der Waals surface area contributed by atoms with Gasteiger partial charge in [-0.15, -0.1) is 0 Å². The van der Waals surface area contributed by atoms with Crippen molar-refractivity contribution >= 4 is 51.3 Å². The van der Waals surface area contributed by atoms with Crippen molar-refractivity contribution in [3.8, 4) is 11.5 Å². The molecule has 4 rings (SSSR count). The van der Waals surface area contributed by atoms with Crippen molar-refractivity contribution < 1.29 is 31.7 Å². The normalized spacial score (nSPS) is 15.1. The highest BCUT2D eigenvalue weighted by Crippen LogP contribution is 2.32. The highest BCUT2D eigenvalue weighted by Gasteiger charge is 2.37. The molecule has 0 bridgehead atoms. The molecule has 9 nitrogen and oxygen atoms in total. The van der Waals surface area contributed by atoms with Crippen LogP contribution in [-0.4, -0.2) is 33.4 Å². The van der Waals surface area contributed by atoms with Gasteiger partial charge in [-0.25, -0.2) is 9.69 Å². The second-order valence-corrected chi connectivity index (χ2v) is 9.61. The lowest BCUT2D eigenvalue weighted by atomic mass is 10.1. The molecule has 1 aliphatic rings. The number of nitrogens with zero attached hydrogens (tertiary/aromatic N) is 1. The summed E-state index contributed by atoms with van der Waals surface area (Å²) in [5.41, 5.74) is 0.949. The molecule has 0 radical (unpaired) electrons. The fraction of sp³-hybridized carbons (Fsp3) is 0.0800. The molecule has 3 aromatic rings. The number of barbiturate groups is 1. The van der Waals surface area contributed by atoms with Crippen LogP contribution in [0.3, 0.4) is 0 Å². The van der Waals surface area contributed by atoms with Crippen LogP contribution in [0.15, 0.2) is 77.2 Å². The number of halogens is 1. The van der Waals surface area contributed by atoms with Gasteiger partial charge < -0.3 is 8.92 Å². The third-order valence-corrected chi connectivity index (χ3v) is 6.90. The number of carbonyl (C=O) groups excluding carboxylic acids is 3. The molecule has 184 valence electrons. The number of carbonyl (C=O) groups is 3. The summed E-state index contributed by atoms with van der Waals surface area (Å²) in [5, 5.41) is 2.48. The van der Waals surface area contributed by atoms with Crippen LogP contribution < -0.4 is 19.1 Å². The van der Waals surface area contributed by atoms with Crippen LogP contribution in [0.5, 0.6) is 11.5 Å². The van der Waals surface area contributed by atoms with Crippen molar-refractivity contribution in [2.45, 2.75) is 11.8 Å². The van der Waals surface area contributed by atoms with Crippen LogP contribution in [0.2, 0.25) is 5.02 Å². The maximum Gasteiger partial charge on any atom is 0.339 e. The summed E-state index contributed by atoms with van der Waals surface area (Å²) in [7, 11) is -2.81. The second-order valence-electron chi connectivity index (χ2n) is 7.65. The Labute approximate surface area is 212 Å². The minimum Gasteiger partial charge on any atom is -0.493 e. The molecule has 1 fully saturated rings. The number of ether oxygens (including phenoxy) is 1. The predicted octanol–water partition coefficient (Wildman–Crippen LogP) is 4.09. The highest BCUT2D eigenvalue weighted by atomic mass is 35.5. The quantitative estimate of drug-likeness (QED) is 0.292. The van der Waals surface area contributed by atoms with E-state index in [2.05, 4.69) is 5.32 Å². The summed E-state index contributed by atoms with van der Waals surface area (Å²) < 4.78 is 35.6. The van der Waals surface area contributed by atoms with E-state index in [4.69, 9.17) is 20.5 Å². The average Bonchev–Trinajstić information content (AvgIpc) is 2.85. The topological polar surface area (TPSA) is 119 Å². The fourth-order valence-corrected chi connectivity index (χ4v) is 4.51. The van der Waals surface area contributed by atoms with E-state index in [0.29, 0.717) is 10.6 Å². The maximum atomic E-state index is 13.1. The number of amides is 4. The number of benzene rings is 3. The van der Waals surface area contributed by atoms with E-state index in [0.717, 1.165) is 10.5 Å². The molecule has 0 atom stereocenters. The SMILES string of the molecule is COc1cc(/C=C2\C(=O)NC(=O)N(c3ccc(C)c(Cl)c3)C2=O)ccc1OS(=O)(=O)c1ccccc1. The largest absolute Gasteiger partial charge is 0.493 e. The Morgan fingerprint density at radius 2 is 1.67 bits per heavy atom. The first kappa shape index (κ1) is 25.0. The Balaban J connectivity index is 1.66. The highest BCUT2D eigenvalue weighted by molar-refractivity contribution is 7.87. The molecule has 0 unspecified atom stereocenters. The van der Waals surface area contributed by atoms with Crippen molar-refractivity contribution in [1.82, 2.24) is 5.32 Å². The van der Waals surface area contributed by atoms with Gasteiger partial charge in [0.15, 0.2) is 11.5 Å². The third-order valence-electron chi connectivity index (χ3n) is 5.25. The van der Waals surface area contributed by atoms with Crippen LogP contribution in [-0.2, 0) is 19.7 Å². The van der Waals surface area contributed by atoms with E-state index in [1.54, 1.807) is 31.2 Å². The van der Waals surface area contributed by atoms with E-state index < -0.39 is 28.0 Å². The number of imide groups is 2. The maximum absolute atomic E-state index is 13.1. The molecule has 4 amide bonds. The summed E-state index contributed by atoms with van der Waals surface area (Å²) >= 11 is 6.14. The molecule has 0 aliphatic carbocycles. The van der Waals surface area contributed by atoms with Crippen molar-refractivity contribution in [2.24, 2.45) is 0 Å². The Morgan fingerprint density at radius 1 is 0.944 bits per heavy atom. The molecule has 11 heteroatoms. The molecule has 0 spiro atoms. The molecule has 1 N–H and O–H groups in total. The molecule has 0 aromatic heterocycles. The lowest BCUT2D eigenvalue weighted by Gasteiger charge is -2.26. The molecule has 1 aliphatic heterocycles. The van der Waals surface area contributed by atoms with Crippen molar-refractivity contribution in [3.05, 3.63) is 88.5 Å². The molecular formula is C25H19ClN2O7S. The van der Waals surface area contributed by atoms with Crippen LogP contribution in [0.1, 0.15) is 11.1 Å². The average molecular weight is 527 g/mol. The number of anilines is 1. The van der Waals surface area contributed by atoms with Crippen LogP contribution in [0.25, 0.3) is 6.08 Å². The monoisotopic (exact) mass is 526 g/mol. The van der Waals surface area contributed by atoms with E-state index in [1.807, 2.05) is 0 Å². The lowest BCUT2D eigenvalue weighted by Crippen LogP contribution is -2.54. The summed E-state index contributed by atoms with van der Waals surface area (Å²) in [6, 6.07) is 15.5. The standard InChI is InChI=1S/C25H19ClN2O7S/c1-15-8-10-17(14-20(15)26)28-24(30)19(23(29)27-25(28)31)12-16-9-11-21(22(13-16)34-2)35-36(32,33)18-6-4-3-5-7-18/h3-14H,1-2H3,(H,27,29,31)/b19-12+. The number of hydrogen-bond acceptors (Lipinski definition) is 7. The first-order chi connectivity index (χ1) is 17.1. The van der Waals surface area contributed by atoms with Crippen molar-refractivity contribution in [2.75, 3.05) is 12.0 Å². The first-order valence-corrected chi connectivity index (χ1v) is 12.2. The van der Waals surface area contributed by atoms with Gasteiger partial charge in [0.25, 0.3) is 11.8 Å². The van der Waals surface area contributed by atoms with Gasteiger partial charge in [0.2, 0.25) is 0 Å². The molecule has 1 saturated heterocycles. The van der Waals surface area contributed by atoms with Crippen molar-refractivity contribution in [1.29, 1.82) is 0 Å². The number of nitrogens with one attached hydrogen (secondary N) is 1. The van der Waals surface area contributed by atoms with Gasteiger partial charge >= 0.3 is 16.1 Å². The minimum atomic E-state index is -4.12. The smallest absolute Gasteiger partial charge is 0.339 e. The third kappa shape index (κ3) is 4.95. The summed E-state index contributed by atoms with van der Waals surface area (Å²) in [6.07, 6.45) is 1.25. The summed E-state index contributed by atoms with van der Waals surface area (Å²) in [6.45, 7) is 1.77. The zero-order chi connectivity index (χ0) is 26.0. The fourth-order valence-electron chi connectivity index (χ4n) is 3.38. The Kier molecular flexibility index (Phi) is 6.82. The van der Waals surface area contributed by atoms with Gasteiger partial charge in [0.05, 0.1) is 12.8 Å². The Morgan fingerprint density at radius 3 is 2.33 bits per heavy atom. The van der Waals surface area contributed by atoms with Gasteiger partial charge in [0, 0.05) is 5.02 Å². The number of rotatable bonds is 6. The Hall–Kier alpha value is -4.15. The van der Waals surface area contributed by atoms with E-state index in [-0.39, 0.29) is 27.7 Å². The van der Waals surface area contributed by atoms with Gasteiger partial charge in [0.1, 0.15) is 10.5 Å². The number of hydrogen-bond donors (Lipinski definition) is 1. The predicted molar refractivity (Wildman–Crippen MR) is 132 cm³/mol. The Bertz CT molecular complexity index is 1520. The zero-order valence-electron chi connectivity index (χ0n) is 19.0. The van der Waals surface area contributed by atoms with E-state index >= 15 is 0 Å². The molecule has 3 aromatic carbocycles. The van der Waals surface area contributed by atoms with E-state index in [9.17, 15) is 22.8 Å². The molecule has 0 saturated carbocycles. The van der Waals surface area contributed by atoms with Crippen LogP contribution >= 0.6 is 11.6 Å². The lowest BCUT2D eigenvalue weighted by molar-refractivity contribution is -0.122. The van der Waals surface area contributed by atoms with Crippen molar-refractivity contribution in [3.63, 3.8) is 0 Å². The number of aryl methyl sites for hydroxylation is 1. The number of urea groups is 1. The van der Waals surface area contributed by atoms with Gasteiger partial charge in [-0.05, 0) is 60.5 Å². The molecular weight excluding hydrogens is 508 g/mol. The van der Waals surface area contributed by atoms with Crippen LogP contribution in [0, 0.1) is 6.92 Å². The zero-order valence-corrected chi connectivity index (χ0v) is 20.6. The van der Waals surface area contributed by atoms with Gasteiger partial charge in [-0.1, -0.05) is 41.9 Å². The number of methoxy groups -OCH3 is 1.